The maximum absolute atomic E-state index is 12.9. The zero-order chi connectivity index (χ0) is 21.2. The highest BCUT2D eigenvalue weighted by molar-refractivity contribution is 9.10. The molecule has 0 aliphatic heterocycles. The van der Waals surface area contributed by atoms with Crippen LogP contribution in [0.5, 0.6) is 0 Å². The van der Waals surface area contributed by atoms with Crippen LogP contribution in [-0.4, -0.2) is 20.3 Å². The van der Waals surface area contributed by atoms with Crippen molar-refractivity contribution >= 4 is 44.4 Å². The summed E-state index contributed by atoms with van der Waals surface area (Å²) >= 11 is 3.44. The molecule has 0 bridgehead atoms. The third kappa shape index (κ3) is 3.98. The minimum absolute atomic E-state index is 0.00821. The smallest absolute Gasteiger partial charge is 0.229 e. The fourth-order valence-corrected chi connectivity index (χ4v) is 3.67. The molecule has 31 heavy (non-hydrogen) atoms. The molecule has 0 aliphatic carbocycles. The number of aromatic nitrogens is 3. The predicted octanol–water partition coefficient (Wildman–Crippen LogP) is 6.16. The van der Waals surface area contributed by atoms with Crippen molar-refractivity contribution in [3.8, 4) is 5.69 Å². The summed E-state index contributed by atoms with van der Waals surface area (Å²) < 4.78 is 2.97. The van der Waals surface area contributed by atoms with E-state index in [0.717, 1.165) is 26.9 Å². The lowest BCUT2D eigenvalue weighted by Gasteiger charge is -2.09. The van der Waals surface area contributed by atoms with Gasteiger partial charge in [0.25, 0.3) is 0 Å². The van der Waals surface area contributed by atoms with Crippen LogP contribution in [0.1, 0.15) is 15.9 Å². The van der Waals surface area contributed by atoms with Gasteiger partial charge in [-0.1, -0.05) is 58.4 Å². The first-order valence-electron chi connectivity index (χ1n) is 9.74. The van der Waals surface area contributed by atoms with Crippen molar-refractivity contribution in [1.29, 1.82) is 0 Å². The number of nitrogens with zero attached hydrogens (tertiary/aromatic N) is 3. The first-order chi connectivity index (χ1) is 15.2. The predicted molar refractivity (Wildman–Crippen MR) is 126 cm³/mol. The third-order valence-corrected chi connectivity index (χ3v) is 5.48. The molecule has 0 aliphatic rings. The van der Waals surface area contributed by atoms with Gasteiger partial charge in [-0.05, 0) is 42.5 Å². The van der Waals surface area contributed by atoms with Gasteiger partial charge in [0.2, 0.25) is 5.95 Å². The number of benzene rings is 3. The van der Waals surface area contributed by atoms with E-state index in [1.54, 1.807) is 6.20 Å². The molecule has 0 fully saturated rings. The van der Waals surface area contributed by atoms with Gasteiger partial charge < -0.3 is 9.88 Å². The summed E-state index contributed by atoms with van der Waals surface area (Å²) in [4.78, 5) is 22.0. The van der Waals surface area contributed by atoms with Gasteiger partial charge in [0.1, 0.15) is 5.65 Å². The molecule has 2 heterocycles. The molecule has 2 aromatic heterocycles. The number of ketones is 1. The number of halogens is 1. The molecule has 6 heteroatoms. The lowest BCUT2D eigenvalue weighted by molar-refractivity contribution is 0.103. The van der Waals surface area contributed by atoms with Gasteiger partial charge in [0.15, 0.2) is 5.78 Å². The van der Waals surface area contributed by atoms with Crippen LogP contribution in [0.4, 0.5) is 11.6 Å². The molecule has 5 aromatic rings. The minimum Gasteiger partial charge on any atom is -0.324 e. The number of anilines is 2. The van der Waals surface area contributed by atoms with Crippen LogP contribution in [0, 0.1) is 0 Å². The Morgan fingerprint density at radius 3 is 2.45 bits per heavy atom. The fourth-order valence-electron chi connectivity index (χ4n) is 3.40. The Morgan fingerprint density at radius 2 is 1.65 bits per heavy atom. The highest BCUT2D eigenvalue weighted by Gasteiger charge is 2.12. The van der Waals surface area contributed by atoms with Crippen LogP contribution in [0.25, 0.3) is 16.7 Å². The average molecular weight is 469 g/mol. The van der Waals surface area contributed by atoms with E-state index in [1.807, 2.05) is 95.7 Å². The molecule has 0 radical (unpaired) electrons. The Morgan fingerprint density at radius 1 is 0.871 bits per heavy atom. The van der Waals surface area contributed by atoms with Gasteiger partial charge in [-0.25, -0.2) is 4.98 Å². The van der Waals surface area contributed by atoms with Crippen molar-refractivity contribution in [2.24, 2.45) is 0 Å². The average Bonchev–Trinajstić information content (AvgIpc) is 3.24. The molecule has 150 valence electrons. The number of nitrogens with one attached hydrogen (secondary N) is 1. The van der Waals surface area contributed by atoms with Crippen LogP contribution in [-0.2, 0) is 0 Å². The van der Waals surface area contributed by atoms with Crippen molar-refractivity contribution in [2.45, 2.75) is 0 Å². The molecular weight excluding hydrogens is 452 g/mol. The second kappa shape index (κ2) is 8.16. The molecule has 5 rings (SSSR count). The summed E-state index contributed by atoms with van der Waals surface area (Å²) in [6.45, 7) is 0. The summed E-state index contributed by atoms with van der Waals surface area (Å²) in [7, 11) is 0. The van der Waals surface area contributed by atoms with Crippen molar-refractivity contribution in [2.75, 3.05) is 5.32 Å². The van der Waals surface area contributed by atoms with Crippen LogP contribution >= 0.6 is 15.9 Å². The lowest BCUT2D eigenvalue weighted by atomic mass is 10.0. The largest absolute Gasteiger partial charge is 0.324 e. The van der Waals surface area contributed by atoms with Gasteiger partial charge in [0, 0.05) is 44.8 Å². The highest BCUT2D eigenvalue weighted by atomic mass is 79.9. The summed E-state index contributed by atoms with van der Waals surface area (Å²) in [6.07, 6.45) is 3.73. The standard InChI is InChI=1S/C25H17BrN4O/c26-20-9-11-21(12-10-20)28-25-27-16-19-13-14-30(24(19)29-25)22-8-4-7-18(15-22)23(31)17-5-2-1-3-6-17/h1-16H,(H,27,28,29). The molecule has 0 saturated carbocycles. The van der Waals surface area contributed by atoms with Crippen LogP contribution < -0.4 is 5.32 Å². The Hall–Kier alpha value is -3.77. The SMILES string of the molecule is O=C(c1ccccc1)c1cccc(-n2ccc3cnc(Nc4ccc(Br)cc4)nc32)c1. The zero-order valence-electron chi connectivity index (χ0n) is 16.4. The van der Waals surface area contributed by atoms with Crippen molar-refractivity contribution < 1.29 is 4.79 Å². The van der Waals surface area contributed by atoms with Crippen LogP contribution in [0.15, 0.2) is 102 Å². The van der Waals surface area contributed by atoms with Crippen molar-refractivity contribution in [1.82, 2.24) is 14.5 Å². The highest BCUT2D eigenvalue weighted by Crippen LogP contribution is 2.23. The van der Waals surface area contributed by atoms with Gasteiger partial charge in [-0.2, -0.15) is 4.98 Å². The fraction of sp³-hybridized carbons (Fsp3) is 0. The van der Waals surface area contributed by atoms with Gasteiger partial charge >= 0.3 is 0 Å². The third-order valence-electron chi connectivity index (χ3n) is 4.95. The Kier molecular flexibility index (Phi) is 5.06. The number of carbonyl (C=O) groups excluding carboxylic acids is 1. The molecule has 5 nitrogen and oxygen atoms in total. The minimum atomic E-state index is -0.00821. The molecular formula is C25H17BrN4O. The quantitative estimate of drug-likeness (QED) is 0.314. The van der Waals surface area contributed by atoms with E-state index < -0.39 is 0 Å². The molecule has 0 amide bonds. The Bertz CT molecular complexity index is 1380. The van der Waals surface area contributed by atoms with E-state index in [1.165, 1.54) is 0 Å². The molecule has 0 saturated heterocycles. The van der Waals surface area contributed by atoms with Gasteiger partial charge in [0.05, 0.1) is 0 Å². The van der Waals surface area contributed by atoms with Gasteiger partial charge in [-0.15, -0.1) is 0 Å². The number of rotatable bonds is 5. The second-order valence-electron chi connectivity index (χ2n) is 7.04. The molecule has 0 unspecified atom stereocenters. The van der Waals surface area contributed by atoms with E-state index in [0.29, 0.717) is 17.1 Å². The Balaban J connectivity index is 1.50. The normalized spacial score (nSPS) is 10.9. The molecule has 1 N–H and O–H groups in total. The number of hydrogen-bond donors (Lipinski definition) is 1. The van der Waals surface area contributed by atoms with Gasteiger partial charge in [-0.3, -0.25) is 4.79 Å². The maximum Gasteiger partial charge on any atom is 0.229 e. The first-order valence-corrected chi connectivity index (χ1v) is 10.5. The van der Waals surface area contributed by atoms with E-state index in [2.05, 4.69) is 26.2 Å². The topological polar surface area (TPSA) is 59.8 Å². The van der Waals surface area contributed by atoms with Crippen molar-refractivity contribution in [3.05, 3.63) is 113 Å². The second-order valence-corrected chi connectivity index (χ2v) is 7.95. The number of hydrogen-bond acceptors (Lipinski definition) is 4. The lowest BCUT2D eigenvalue weighted by Crippen LogP contribution is -2.03. The number of carbonyl (C=O) groups is 1. The molecule has 0 spiro atoms. The summed E-state index contributed by atoms with van der Waals surface area (Å²) in [5.41, 5.74) is 3.83. The van der Waals surface area contributed by atoms with Crippen LogP contribution in [0.2, 0.25) is 0 Å². The molecule has 0 atom stereocenters. The van der Waals surface area contributed by atoms with E-state index in [4.69, 9.17) is 4.98 Å². The van der Waals surface area contributed by atoms with Crippen molar-refractivity contribution in [3.63, 3.8) is 0 Å². The van der Waals surface area contributed by atoms with E-state index >= 15 is 0 Å². The van der Waals surface area contributed by atoms with E-state index in [9.17, 15) is 4.79 Å². The summed E-state index contributed by atoms with van der Waals surface area (Å²) in [6, 6.07) is 26.6. The van der Waals surface area contributed by atoms with E-state index in [-0.39, 0.29) is 5.78 Å². The number of fused-ring (bicyclic) bond motifs is 1. The molecule has 3 aromatic carbocycles. The zero-order valence-corrected chi connectivity index (χ0v) is 18.0. The monoisotopic (exact) mass is 468 g/mol. The Labute approximate surface area is 187 Å². The summed E-state index contributed by atoms with van der Waals surface area (Å²) in [5, 5.41) is 4.15. The summed E-state index contributed by atoms with van der Waals surface area (Å²) in [5.74, 6) is 0.498. The first kappa shape index (κ1) is 19.2. The van der Waals surface area contributed by atoms with Crippen LogP contribution in [0.3, 0.4) is 0 Å². The maximum atomic E-state index is 12.9.